The molecule has 1 atom stereocenters. The van der Waals surface area contributed by atoms with E-state index in [4.69, 9.17) is 17.6 Å². The summed E-state index contributed by atoms with van der Waals surface area (Å²) in [4.78, 5) is 23.6. The second-order valence-electron chi connectivity index (χ2n) is 7.11. The third-order valence-electron chi connectivity index (χ3n) is 4.58. The molecule has 128 valence electrons. The summed E-state index contributed by atoms with van der Waals surface area (Å²) in [5.41, 5.74) is 2.31. The van der Waals surface area contributed by atoms with Crippen LogP contribution in [0.3, 0.4) is 0 Å². The number of hydrogen-bond donors (Lipinski definition) is 2. The third kappa shape index (κ3) is 3.04. The Hall–Kier alpha value is -2.63. The molecule has 1 aliphatic heterocycles. The number of carbonyl (C=O) groups excluding carboxylic acids is 1. The summed E-state index contributed by atoms with van der Waals surface area (Å²) in [7, 11) is 0. The van der Waals surface area contributed by atoms with Crippen molar-refractivity contribution in [1.29, 1.82) is 5.41 Å². The van der Waals surface area contributed by atoms with Gasteiger partial charge in [0.2, 0.25) is 0 Å². The number of nitro groups is 1. The number of non-ortho nitro benzene ring substituents is 1. The number of benzene rings is 1. The van der Waals surface area contributed by atoms with Crippen molar-refractivity contribution in [2.24, 2.45) is 5.41 Å². The Labute approximate surface area is 150 Å². The van der Waals surface area contributed by atoms with Crippen LogP contribution in [-0.4, -0.2) is 21.6 Å². The van der Waals surface area contributed by atoms with Crippen molar-refractivity contribution in [2.45, 2.75) is 32.6 Å². The molecule has 6 nitrogen and oxygen atoms in total. The van der Waals surface area contributed by atoms with Crippen LogP contribution in [0.25, 0.3) is 0 Å². The first-order valence-corrected chi connectivity index (χ1v) is 8.26. The Balaban J connectivity index is 2.16. The molecule has 25 heavy (non-hydrogen) atoms. The highest BCUT2D eigenvalue weighted by Crippen LogP contribution is 2.45. The molecule has 1 aromatic carbocycles. The van der Waals surface area contributed by atoms with Gasteiger partial charge in [0.15, 0.2) is 5.78 Å². The van der Waals surface area contributed by atoms with Gasteiger partial charge in [-0.15, -0.1) is 0 Å². The van der Waals surface area contributed by atoms with Crippen LogP contribution >= 0.6 is 12.2 Å². The van der Waals surface area contributed by atoms with Crippen LogP contribution in [0.4, 0.5) is 5.69 Å². The molecule has 0 amide bonds. The van der Waals surface area contributed by atoms with Crippen molar-refractivity contribution < 1.29 is 9.72 Å². The minimum Gasteiger partial charge on any atom is -0.349 e. The zero-order valence-corrected chi connectivity index (χ0v) is 14.7. The predicted octanol–water partition coefficient (Wildman–Crippen LogP) is 3.43. The minimum absolute atomic E-state index is 0.0114. The molecule has 0 fully saturated rings. The van der Waals surface area contributed by atoms with E-state index in [-0.39, 0.29) is 16.9 Å². The van der Waals surface area contributed by atoms with Gasteiger partial charge in [0, 0.05) is 29.8 Å². The third-order valence-corrected chi connectivity index (χ3v) is 4.90. The number of nitrogens with zero attached hydrogens (tertiary/aromatic N) is 1. The van der Waals surface area contributed by atoms with E-state index in [1.807, 2.05) is 13.8 Å². The molecule has 2 aliphatic rings. The van der Waals surface area contributed by atoms with E-state index in [0.29, 0.717) is 34.5 Å². The quantitative estimate of drug-likeness (QED) is 0.279. The molecule has 2 N–H and O–H groups in total. The highest BCUT2D eigenvalue weighted by Gasteiger charge is 2.42. The van der Waals surface area contributed by atoms with Crippen LogP contribution in [0.2, 0.25) is 0 Å². The van der Waals surface area contributed by atoms with Crippen LogP contribution < -0.4 is 5.32 Å². The Morgan fingerprint density at radius 1 is 1.32 bits per heavy atom. The van der Waals surface area contributed by atoms with Crippen LogP contribution in [-0.2, 0) is 4.79 Å². The summed E-state index contributed by atoms with van der Waals surface area (Å²) >= 11 is 5.37. The number of allylic oxidation sites excluding steroid dienone is 2. The van der Waals surface area contributed by atoms with Gasteiger partial charge in [-0.05, 0) is 23.3 Å². The van der Waals surface area contributed by atoms with Crippen LogP contribution in [0.1, 0.15) is 38.2 Å². The number of ketones is 1. The SMILES string of the molecule is CC1(C)CC(=O)C2=C(C1)NC(=S)C(=C=N)C2c1ccc([N+](=O)[O-])cc1. The summed E-state index contributed by atoms with van der Waals surface area (Å²) in [6.07, 6.45) is 1.10. The predicted molar refractivity (Wildman–Crippen MR) is 97.9 cm³/mol. The lowest BCUT2D eigenvalue weighted by Crippen LogP contribution is -2.41. The minimum atomic E-state index is -0.509. The molecule has 0 aromatic heterocycles. The maximum Gasteiger partial charge on any atom is 0.269 e. The molecular weight excluding hydrogens is 338 g/mol. The largest absolute Gasteiger partial charge is 0.349 e. The number of Topliss-reactive ketones (excluding diaryl/α,β-unsaturated/α-hetero) is 1. The topological polar surface area (TPSA) is 96.1 Å². The van der Waals surface area contributed by atoms with E-state index in [0.717, 1.165) is 5.70 Å². The van der Waals surface area contributed by atoms with Gasteiger partial charge in [-0.3, -0.25) is 20.3 Å². The number of thiocarbonyl (C=S) groups is 1. The monoisotopic (exact) mass is 355 g/mol. The van der Waals surface area contributed by atoms with E-state index in [1.165, 1.54) is 12.1 Å². The number of carbonyl (C=O) groups is 1. The Bertz CT molecular complexity index is 877. The average molecular weight is 355 g/mol. The first-order valence-electron chi connectivity index (χ1n) is 7.85. The lowest BCUT2D eigenvalue weighted by molar-refractivity contribution is -0.384. The lowest BCUT2D eigenvalue weighted by Gasteiger charge is -2.39. The molecule has 1 aromatic rings. The van der Waals surface area contributed by atoms with Crippen LogP contribution in [0, 0.1) is 20.9 Å². The van der Waals surface area contributed by atoms with E-state index in [2.05, 4.69) is 11.2 Å². The Morgan fingerprint density at radius 2 is 1.96 bits per heavy atom. The molecule has 7 heteroatoms. The first kappa shape index (κ1) is 17.2. The number of hydrogen-bond acceptors (Lipinski definition) is 5. The highest BCUT2D eigenvalue weighted by molar-refractivity contribution is 7.80. The fraction of sp³-hybridized carbons (Fsp3) is 0.333. The molecule has 0 radical (unpaired) electrons. The Morgan fingerprint density at radius 3 is 2.52 bits per heavy atom. The molecule has 1 aliphatic carbocycles. The summed E-state index contributed by atoms with van der Waals surface area (Å²) in [6, 6.07) is 6.04. The molecule has 0 saturated carbocycles. The number of nitrogens with one attached hydrogen (secondary N) is 2. The molecule has 0 saturated heterocycles. The average Bonchev–Trinajstić information content (AvgIpc) is 2.52. The normalized spacial score (nSPS) is 22.2. The number of rotatable bonds is 2. The molecule has 0 bridgehead atoms. The lowest BCUT2D eigenvalue weighted by atomic mass is 9.69. The van der Waals surface area contributed by atoms with Crippen LogP contribution in [0.15, 0.2) is 41.1 Å². The fourth-order valence-electron chi connectivity index (χ4n) is 3.51. The van der Waals surface area contributed by atoms with Gasteiger partial charge in [-0.25, -0.2) is 0 Å². The molecule has 1 heterocycles. The van der Waals surface area contributed by atoms with E-state index in [9.17, 15) is 14.9 Å². The van der Waals surface area contributed by atoms with Gasteiger partial charge in [0.05, 0.1) is 16.4 Å². The summed E-state index contributed by atoms with van der Waals surface area (Å²) in [5, 5.41) is 21.6. The molecule has 3 rings (SSSR count). The smallest absolute Gasteiger partial charge is 0.269 e. The molecule has 0 spiro atoms. The highest BCUT2D eigenvalue weighted by atomic mass is 32.1. The van der Waals surface area contributed by atoms with E-state index < -0.39 is 10.8 Å². The first-order chi connectivity index (χ1) is 11.7. The summed E-state index contributed by atoms with van der Waals surface area (Å²) in [6.45, 7) is 4.06. The second-order valence-corrected chi connectivity index (χ2v) is 7.52. The molecule has 1 unspecified atom stereocenters. The van der Waals surface area contributed by atoms with Crippen molar-refractivity contribution in [2.75, 3.05) is 0 Å². The number of nitro benzene ring substituents is 1. The summed E-state index contributed by atoms with van der Waals surface area (Å²) < 4.78 is 0. The van der Waals surface area contributed by atoms with Crippen molar-refractivity contribution in [1.82, 2.24) is 5.32 Å². The van der Waals surface area contributed by atoms with Gasteiger partial charge in [-0.2, -0.15) is 0 Å². The van der Waals surface area contributed by atoms with Crippen molar-refractivity contribution in [3.05, 3.63) is 56.8 Å². The van der Waals surface area contributed by atoms with E-state index >= 15 is 0 Å². The van der Waals surface area contributed by atoms with Gasteiger partial charge in [-0.1, -0.05) is 38.2 Å². The standard InChI is InChI=1S/C18H17N3O3S/c1-18(2)7-13-16(14(22)8-18)15(12(9-19)17(25)20-13)10-3-5-11(6-4-10)21(23)24/h3-6,15,19H,7-8H2,1-2H3,(H,20,25). The maximum atomic E-state index is 12.8. The van der Waals surface area contributed by atoms with Gasteiger partial charge >= 0.3 is 0 Å². The molecular formula is C18H17N3O3S. The van der Waals surface area contributed by atoms with Gasteiger partial charge in [0.25, 0.3) is 5.69 Å². The van der Waals surface area contributed by atoms with Crippen molar-refractivity contribution in [3.63, 3.8) is 0 Å². The second kappa shape index (κ2) is 6.02. The zero-order valence-electron chi connectivity index (χ0n) is 13.9. The van der Waals surface area contributed by atoms with Gasteiger partial charge in [0.1, 0.15) is 4.99 Å². The Kier molecular flexibility index (Phi) is 4.14. The zero-order chi connectivity index (χ0) is 18.4. The maximum absolute atomic E-state index is 12.8. The van der Waals surface area contributed by atoms with Crippen molar-refractivity contribution >= 4 is 34.5 Å². The van der Waals surface area contributed by atoms with Crippen LogP contribution in [0.5, 0.6) is 0 Å². The van der Waals surface area contributed by atoms with Crippen molar-refractivity contribution in [3.8, 4) is 0 Å². The summed E-state index contributed by atoms with van der Waals surface area (Å²) in [5.74, 6) is 1.86. The fourth-order valence-corrected chi connectivity index (χ4v) is 3.80. The van der Waals surface area contributed by atoms with E-state index in [1.54, 1.807) is 12.1 Å². The van der Waals surface area contributed by atoms with Gasteiger partial charge < -0.3 is 5.32 Å².